The molecule has 1 fully saturated rings. The van der Waals surface area contributed by atoms with Crippen LogP contribution in [0.5, 0.6) is 0 Å². The molecule has 2 heterocycles. The molecule has 0 aliphatic carbocycles. The molecule has 0 aromatic heterocycles. The van der Waals surface area contributed by atoms with Crippen LogP contribution in [0.4, 0.5) is 13.2 Å². The van der Waals surface area contributed by atoms with E-state index in [1.165, 1.54) is 6.07 Å². The lowest BCUT2D eigenvalue weighted by Gasteiger charge is -2.44. The third-order valence-electron chi connectivity index (χ3n) is 5.29. The van der Waals surface area contributed by atoms with E-state index in [0.29, 0.717) is 18.5 Å². The van der Waals surface area contributed by atoms with E-state index in [2.05, 4.69) is 0 Å². The van der Waals surface area contributed by atoms with E-state index in [1.807, 2.05) is 4.90 Å². The first-order valence-electron chi connectivity index (χ1n) is 9.05. The minimum Gasteiger partial charge on any atom is -0.465 e. The number of carbonyl (C=O) groups is 2. The Morgan fingerprint density at radius 1 is 1.19 bits per heavy atom. The molecule has 2 aliphatic heterocycles. The minimum atomic E-state index is -4.51. The van der Waals surface area contributed by atoms with Crippen LogP contribution in [-0.2, 0) is 37.2 Å². The number of ether oxygens (including phenoxy) is 2. The molecule has 0 saturated carbocycles. The molecule has 3 rings (SSSR count). The van der Waals surface area contributed by atoms with Crippen molar-refractivity contribution in [2.75, 3.05) is 19.8 Å². The van der Waals surface area contributed by atoms with E-state index in [1.54, 1.807) is 13.8 Å². The molecule has 5 nitrogen and oxygen atoms in total. The third kappa shape index (κ3) is 3.09. The van der Waals surface area contributed by atoms with Gasteiger partial charge in [-0.05, 0) is 56.5 Å². The quantitative estimate of drug-likeness (QED) is 0.589. The van der Waals surface area contributed by atoms with Crippen molar-refractivity contribution in [3.05, 3.63) is 34.9 Å². The summed E-state index contributed by atoms with van der Waals surface area (Å²) in [7, 11) is 0. The Hall–Kier alpha value is -2.09. The molecule has 0 amide bonds. The average Bonchev–Trinajstić information content (AvgIpc) is 3.07. The molecule has 1 unspecified atom stereocenters. The monoisotopic (exact) mass is 385 g/mol. The van der Waals surface area contributed by atoms with Crippen LogP contribution in [-0.4, -0.2) is 42.6 Å². The molecular weight excluding hydrogens is 363 g/mol. The second kappa shape index (κ2) is 7.14. The molecule has 0 spiro atoms. The van der Waals surface area contributed by atoms with Crippen molar-refractivity contribution in [1.82, 2.24) is 4.90 Å². The maximum Gasteiger partial charge on any atom is 0.416 e. The normalized spacial score (nSPS) is 21.3. The summed E-state index contributed by atoms with van der Waals surface area (Å²) in [6.07, 6.45) is -3.20. The van der Waals surface area contributed by atoms with Gasteiger partial charge in [0.25, 0.3) is 0 Å². The fraction of sp³-hybridized carbons (Fsp3) is 0.579. The number of hydrogen-bond acceptors (Lipinski definition) is 5. The minimum absolute atomic E-state index is 0.0582. The van der Waals surface area contributed by atoms with Gasteiger partial charge in [-0.3, -0.25) is 14.5 Å². The zero-order chi connectivity index (χ0) is 19.8. The van der Waals surface area contributed by atoms with Crippen LogP contribution in [0.25, 0.3) is 0 Å². The topological polar surface area (TPSA) is 55.8 Å². The number of esters is 2. The lowest BCUT2D eigenvalue weighted by atomic mass is 9.68. The molecule has 1 atom stereocenters. The summed E-state index contributed by atoms with van der Waals surface area (Å²) in [5.41, 5.74) is -2.00. The maximum absolute atomic E-state index is 13.2. The predicted molar refractivity (Wildman–Crippen MR) is 89.8 cm³/mol. The van der Waals surface area contributed by atoms with Crippen LogP contribution in [0.3, 0.4) is 0 Å². The molecule has 148 valence electrons. The van der Waals surface area contributed by atoms with Crippen LogP contribution in [0.2, 0.25) is 0 Å². The van der Waals surface area contributed by atoms with Crippen LogP contribution in [0, 0.1) is 0 Å². The van der Waals surface area contributed by atoms with Gasteiger partial charge >= 0.3 is 18.1 Å². The van der Waals surface area contributed by atoms with Crippen molar-refractivity contribution >= 4 is 11.9 Å². The Morgan fingerprint density at radius 3 is 2.37 bits per heavy atom. The average molecular weight is 385 g/mol. The van der Waals surface area contributed by atoms with Gasteiger partial charge in [-0.25, -0.2) is 0 Å². The summed E-state index contributed by atoms with van der Waals surface area (Å²) in [5, 5.41) is 0. The summed E-state index contributed by atoms with van der Waals surface area (Å²) in [6, 6.07) is 2.69. The number of carbonyl (C=O) groups excluding carboxylic acids is 2. The third-order valence-corrected chi connectivity index (χ3v) is 5.29. The van der Waals surface area contributed by atoms with Crippen molar-refractivity contribution in [3.8, 4) is 0 Å². The number of alkyl halides is 3. The smallest absolute Gasteiger partial charge is 0.416 e. The highest BCUT2D eigenvalue weighted by atomic mass is 19.4. The molecule has 27 heavy (non-hydrogen) atoms. The molecule has 8 heteroatoms. The van der Waals surface area contributed by atoms with Gasteiger partial charge in [0.2, 0.25) is 5.41 Å². The van der Waals surface area contributed by atoms with Gasteiger partial charge in [0.1, 0.15) is 0 Å². The number of hydrogen-bond donors (Lipinski definition) is 0. The van der Waals surface area contributed by atoms with Gasteiger partial charge < -0.3 is 9.47 Å². The van der Waals surface area contributed by atoms with Crippen LogP contribution < -0.4 is 0 Å². The van der Waals surface area contributed by atoms with Crippen molar-refractivity contribution < 1.29 is 32.2 Å². The fourth-order valence-corrected chi connectivity index (χ4v) is 4.25. The number of benzene rings is 1. The predicted octanol–water partition coefficient (Wildman–Crippen LogP) is 3.05. The van der Waals surface area contributed by atoms with Crippen molar-refractivity contribution in [2.45, 2.75) is 50.9 Å². The SMILES string of the molecule is CCOC(=O)C1(C(=O)OCC)c2ccc(C(F)(F)F)cc2CN2CCCC21. The summed E-state index contributed by atoms with van der Waals surface area (Å²) in [4.78, 5) is 28.0. The Kier molecular flexibility index (Phi) is 5.20. The zero-order valence-corrected chi connectivity index (χ0v) is 15.3. The first-order chi connectivity index (χ1) is 12.8. The Bertz CT molecular complexity index is 729. The van der Waals surface area contributed by atoms with Gasteiger partial charge in [0.05, 0.1) is 18.8 Å². The lowest BCUT2D eigenvalue weighted by molar-refractivity contribution is -0.169. The van der Waals surface area contributed by atoms with E-state index in [4.69, 9.17) is 9.47 Å². The van der Waals surface area contributed by atoms with Crippen LogP contribution in [0.1, 0.15) is 43.4 Å². The highest BCUT2D eigenvalue weighted by Gasteiger charge is 2.62. The van der Waals surface area contributed by atoms with Crippen molar-refractivity contribution in [3.63, 3.8) is 0 Å². The number of halogens is 3. The first-order valence-corrected chi connectivity index (χ1v) is 9.05. The second-order valence-electron chi connectivity index (χ2n) is 6.75. The number of rotatable bonds is 4. The van der Waals surface area contributed by atoms with E-state index in [0.717, 1.165) is 18.6 Å². The molecule has 1 saturated heterocycles. The standard InChI is InChI=1S/C19H22F3NO4/c1-3-26-16(24)18(17(25)27-4-2)14-8-7-13(19(20,21)22)10-12(14)11-23-9-5-6-15(18)23/h7-8,10,15H,3-6,9,11H2,1-2H3. The highest BCUT2D eigenvalue weighted by Crippen LogP contribution is 2.46. The van der Waals surface area contributed by atoms with Crippen molar-refractivity contribution in [1.29, 1.82) is 0 Å². The molecular formula is C19H22F3NO4. The molecule has 1 aromatic carbocycles. The summed E-state index contributed by atoms with van der Waals surface area (Å²) in [5.74, 6) is -1.53. The maximum atomic E-state index is 13.2. The van der Waals surface area contributed by atoms with Crippen molar-refractivity contribution in [2.24, 2.45) is 0 Å². The van der Waals surface area contributed by atoms with Crippen LogP contribution in [0.15, 0.2) is 18.2 Å². The van der Waals surface area contributed by atoms with E-state index >= 15 is 0 Å². The molecule has 0 N–H and O–H groups in total. The van der Waals surface area contributed by atoms with E-state index < -0.39 is 35.1 Å². The molecule has 0 radical (unpaired) electrons. The number of nitrogens with zero attached hydrogens (tertiary/aromatic N) is 1. The molecule has 0 bridgehead atoms. The highest BCUT2D eigenvalue weighted by molar-refractivity contribution is 6.08. The summed E-state index contributed by atoms with van der Waals surface area (Å²) in [6.45, 7) is 4.22. The van der Waals surface area contributed by atoms with E-state index in [-0.39, 0.29) is 25.3 Å². The van der Waals surface area contributed by atoms with Gasteiger partial charge in [0, 0.05) is 12.6 Å². The molecule has 2 aliphatic rings. The number of fused-ring (bicyclic) bond motifs is 2. The Balaban J connectivity index is 2.23. The summed E-state index contributed by atoms with van der Waals surface area (Å²) < 4.78 is 50.0. The van der Waals surface area contributed by atoms with Gasteiger partial charge in [-0.2, -0.15) is 13.2 Å². The first kappa shape index (κ1) is 19.7. The van der Waals surface area contributed by atoms with Crippen LogP contribution >= 0.6 is 0 Å². The van der Waals surface area contributed by atoms with Gasteiger partial charge in [0.15, 0.2) is 0 Å². The van der Waals surface area contributed by atoms with E-state index in [9.17, 15) is 22.8 Å². The van der Waals surface area contributed by atoms with Gasteiger partial charge in [-0.15, -0.1) is 0 Å². The summed E-state index contributed by atoms with van der Waals surface area (Å²) >= 11 is 0. The molecule has 1 aromatic rings. The van der Waals surface area contributed by atoms with Gasteiger partial charge in [-0.1, -0.05) is 6.07 Å². The fourth-order valence-electron chi connectivity index (χ4n) is 4.25. The zero-order valence-electron chi connectivity index (χ0n) is 15.3. The Morgan fingerprint density at radius 2 is 1.81 bits per heavy atom. The Labute approximate surface area is 155 Å². The lowest BCUT2D eigenvalue weighted by Crippen LogP contribution is -2.61. The second-order valence-corrected chi connectivity index (χ2v) is 6.75. The largest absolute Gasteiger partial charge is 0.465 e.